The molecule has 0 fully saturated rings. The first-order valence-electron chi connectivity index (χ1n) is 40.8. The summed E-state index contributed by atoms with van der Waals surface area (Å²) in [7, 11) is 0. The summed E-state index contributed by atoms with van der Waals surface area (Å²) in [6.07, 6.45) is 93.2. The fraction of sp³-hybridized carbons (Fsp3) is 0.860. The van der Waals surface area contributed by atoms with E-state index < -0.39 is 0 Å². The van der Waals surface area contributed by atoms with Crippen LogP contribution in [-0.2, 0) is 88.6 Å². The van der Waals surface area contributed by atoms with Crippen LogP contribution in [0.2, 0.25) is 0 Å². The molecule has 0 bridgehead atoms. The van der Waals surface area contributed by atoms with Gasteiger partial charge in [-0.05, 0) is 128 Å². The summed E-state index contributed by atoms with van der Waals surface area (Å²) >= 11 is 19.0. The van der Waals surface area contributed by atoms with Crippen LogP contribution in [-0.4, -0.2) is 121 Å². The Balaban J connectivity index is -0.000000157. The number of ether oxygens (including phenoxy) is 4. The summed E-state index contributed by atoms with van der Waals surface area (Å²) in [6.45, 7) is 10.6. The van der Waals surface area contributed by atoms with Crippen molar-refractivity contribution >= 4 is 136 Å². The number of unbranched alkanes of at least 4 members (excludes halogenated alkanes) is 48. The zero-order valence-electron chi connectivity index (χ0n) is 65.1. The molecular formula is C86H166O8S5Sn2. The van der Waals surface area contributed by atoms with Crippen LogP contribution in [0.1, 0.15) is 428 Å². The average molecular weight is 1730 g/mol. The summed E-state index contributed by atoms with van der Waals surface area (Å²) in [4.78, 5) is 45.1. The van der Waals surface area contributed by atoms with Gasteiger partial charge in [-0.1, -0.05) is 322 Å². The minimum atomic E-state index is -0.0897. The van der Waals surface area contributed by atoms with Crippen LogP contribution in [0.3, 0.4) is 0 Å². The molecule has 0 rings (SSSR count). The van der Waals surface area contributed by atoms with E-state index in [0.717, 1.165) is 51.4 Å². The molecular weight excluding hydrogens is 1560 g/mol. The SMILES string of the molecule is C.C.CCCCCCCCC/C=C/CCCCCCCC(=O)OCC[S-].CCCCCCCCC/C=C/CCCCCCCC(=O)OCC[S-].CCCCCCCCC/C=C/CCCCCCCC(=O)OCC[S-].CCCCCCCCC/C=C/CCCCCCCC(=O)OCC[S-].S.[Sn+2].[Sn+2]. The molecule has 0 atom stereocenters. The summed E-state index contributed by atoms with van der Waals surface area (Å²) in [5.74, 6) is 1.63. The van der Waals surface area contributed by atoms with Crippen LogP contribution < -0.4 is 0 Å². The molecule has 0 aromatic heterocycles. The number of allylic oxidation sites excluding steroid dienone is 8. The molecule has 101 heavy (non-hydrogen) atoms. The molecule has 4 radical (unpaired) electrons. The van der Waals surface area contributed by atoms with E-state index in [1.165, 1.54) is 308 Å². The molecule has 0 aromatic rings. The van der Waals surface area contributed by atoms with Crippen molar-refractivity contribution in [1.29, 1.82) is 0 Å². The van der Waals surface area contributed by atoms with E-state index in [4.69, 9.17) is 69.5 Å². The van der Waals surface area contributed by atoms with Gasteiger partial charge in [0.15, 0.2) is 0 Å². The number of hydrogen-bond donors (Lipinski definition) is 0. The molecule has 0 amide bonds. The number of rotatable bonds is 72. The van der Waals surface area contributed by atoms with Crippen molar-refractivity contribution in [3.8, 4) is 0 Å². The zero-order chi connectivity index (χ0) is 70.9. The van der Waals surface area contributed by atoms with Crippen LogP contribution in [0.15, 0.2) is 48.6 Å². The predicted octanol–water partition coefficient (Wildman–Crippen LogP) is 26.6. The minimum Gasteiger partial charge on any atom is -0.789 e. The van der Waals surface area contributed by atoms with Crippen molar-refractivity contribution in [3.63, 3.8) is 0 Å². The Morgan fingerprint density at radius 2 is 0.337 bits per heavy atom. The van der Waals surface area contributed by atoms with E-state index in [2.05, 4.69) is 76.3 Å². The van der Waals surface area contributed by atoms with Gasteiger partial charge in [0, 0.05) is 25.7 Å². The van der Waals surface area contributed by atoms with Gasteiger partial charge in [0.1, 0.15) is 0 Å². The molecule has 0 heterocycles. The normalized spacial score (nSPS) is 10.7. The molecule has 0 saturated carbocycles. The van der Waals surface area contributed by atoms with Crippen molar-refractivity contribution < 1.29 is 38.1 Å². The fourth-order valence-corrected chi connectivity index (χ4v) is 11.3. The van der Waals surface area contributed by atoms with Gasteiger partial charge in [0.05, 0.1) is 26.4 Å². The second-order valence-electron chi connectivity index (χ2n) is 26.4. The Morgan fingerprint density at radius 3 is 0.465 bits per heavy atom. The monoisotopic (exact) mass is 1730 g/mol. The summed E-state index contributed by atoms with van der Waals surface area (Å²) < 4.78 is 19.9. The summed E-state index contributed by atoms with van der Waals surface area (Å²) in [5.41, 5.74) is 0. The maximum atomic E-state index is 11.3. The Kier molecular flexibility index (Phi) is 137. The third-order valence-corrected chi connectivity index (χ3v) is 17.6. The minimum absolute atomic E-state index is 0. The van der Waals surface area contributed by atoms with Gasteiger partial charge in [0.25, 0.3) is 0 Å². The average Bonchev–Trinajstić information content (AvgIpc) is 3.82. The molecule has 0 aliphatic rings. The van der Waals surface area contributed by atoms with E-state index in [9.17, 15) is 19.2 Å². The maximum Gasteiger partial charge on any atom is 2.00 e. The first kappa shape index (κ1) is 120. The smallest absolute Gasteiger partial charge is 0.789 e. The first-order chi connectivity index (χ1) is 47.2. The third kappa shape index (κ3) is 124. The van der Waals surface area contributed by atoms with Crippen molar-refractivity contribution in [2.24, 2.45) is 0 Å². The molecule has 0 aliphatic heterocycles. The van der Waals surface area contributed by atoms with Gasteiger partial charge in [0.2, 0.25) is 0 Å². The van der Waals surface area contributed by atoms with Crippen LogP contribution >= 0.6 is 13.5 Å². The predicted molar refractivity (Wildman–Crippen MR) is 464 cm³/mol. The van der Waals surface area contributed by atoms with Crippen LogP contribution in [0, 0.1) is 0 Å². The largest absolute Gasteiger partial charge is 2.00 e. The van der Waals surface area contributed by atoms with Crippen molar-refractivity contribution in [2.45, 2.75) is 428 Å². The first-order valence-corrected chi connectivity index (χ1v) is 43.1. The van der Waals surface area contributed by atoms with E-state index >= 15 is 0 Å². The molecule has 0 N–H and O–H groups in total. The van der Waals surface area contributed by atoms with Crippen molar-refractivity contribution in [3.05, 3.63) is 48.6 Å². The Morgan fingerprint density at radius 1 is 0.218 bits per heavy atom. The number of esters is 4. The number of carbonyl (C=O) groups is 4. The maximum absolute atomic E-state index is 11.3. The van der Waals surface area contributed by atoms with Crippen LogP contribution in [0.4, 0.5) is 0 Å². The molecule has 8 nitrogen and oxygen atoms in total. The molecule has 0 spiro atoms. The second-order valence-corrected chi connectivity index (χ2v) is 28.1. The van der Waals surface area contributed by atoms with Crippen LogP contribution in [0.5, 0.6) is 0 Å². The van der Waals surface area contributed by atoms with Gasteiger partial charge in [-0.2, -0.15) is 13.5 Å². The molecule has 0 aliphatic carbocycles. The number of hydrogen-bond acceptors (Lipinski definition) is 12. The Hall–Kier alpha value is 0.187. The fourth-order valence-electron chi connectivity index (χ4n) is 11.0. The van der Waals surface area contributed by atoms with Crippen LogP contribution in [0.25, 0.3) is 0 Å². The number of carbonyl (C=O) groups excluding carboxylic acids is 4. The van der Waals surface area contributed by atoms with E-state index in [0.29, 0.717) is 75.1 Å². The zero-order valence-corrected chi connectivity index (χ0v) is 75.1. The molecule has 15 heteroatoms. The quantitative estimate of drug-likeness (QED) is 0.0145. The van der Waals surface area contributed by atoms with Crippen molar-refractivity contribution in [2.75, 3.05) is 49.4 Å². The van der Waals surface area contributed by atoms with E-state index in [1.807, 2.05) is 0 Å². The van der Waals surface area contributed by atoms with Gasteiger partial charge in [-0.25, -0.2) is 0 Å². The van der Waals surface area contributed by atoms with Gasteiger partial charge in [-0.3, -0.25) is 19.2 Å². The summed E-state index contributed by atoms with van der Waals surface area (Å²) in [5, 5.41) is 0. The Labute approximate surface area is 693 Å². The van der Waals surface area contributed by atoms with Gasteiger partial charge < -0.3 is 69.5 Å². The van der Waals surface area contributed by atoms with Gasteiger partial charge >= 0.3 is 71.7 Å². The Bertz CT molecular complexity index is 1410. The topological polar surface area (TPSA) is 105 Å². The second kappa shape index (κ2) is 116. The van der Waals surface area contributed by atoms with E-state index in [1.54, 1.807) is 0 Å². The third-order valence-electron chi connectivity index (χ3n) is 17.0. The standard InChI is InChI=1S/4C21H40O2S.2CH4.H2S.2Sn/c4*1-2-3-4-5-6-7-8-9-10-11-12-13-14-15-16-17-18-21(22)23-19-20-24;;;;;/h4*10-11,24H,2-9,12-20H2,1H3;2*1H4;1H2;;/q;;;;;;;2*+2/p-4/b4*11-10+;;;;;. The molecule has 596 valence electrons. The van der Waals surface area contributed by atoms with E-state index in [-0.39, 0.29) is 100 Å². The van der Waals surface area contributed by atoms with Gasteiger partial charge in [-0.15, -0.1) is 23.0 Å². The molecule has 0 unspecified atom stereocenters. The summed E-state index contributed by atoms with van der Waals surface area (Å²) in [6, 6.07) is 0. The van der Waals surface area contributed by atoms with Crippen molar-refractivity contribution in [1.82, 2.24) is 0 Å². The molecule has 0 aromatic carbocycles. The molecule has 0 saturated heterocycles.